The van der Waals surface area contributed by atoms with E-state index in [4.69, 9.17) is 9.72 Å². The van der Waals surface area contributed by atoms with Gasteiger partial charge in [0.1, 0.15) is 12.4 Å². The molecule has 1 aromatic heterocycles. The van der Waals surface area contributed by atoms with E-state index in [-0.39, 0.29) is 5.91 Å². The van der Waals surface area contributed by atoms with Crippen LogP contribution in [0, 0.1) is 0 Å². The van der Waals surface area contributed by atoms with E-state index in [0.717, 1.165) is 52.6 Å². The maximum absolute atomic E-state index is 13.7. The van der Waals surface area contributed by atoms with Crippen molar-refractivity contribution in [3.05, 3.63) is 139 Å². The van der Waals surface area contributed by atoms with Gasteiger partial charge in [0, 0.05) is 48.6 Å². The smallest absolute Gasteiger partial charge is 0.254 e. The van der Waals surface area contributed by atoms with Crippen molar-refractivity contribution in [1.82, 2.24) is 9.88 Å². The summed E-state index contributed by atoms with van der Waals surface area (Å²) in [6.45, 7) is 3.42. The maximum atomic E-state index is 13.7. The van der Waals surface area contributed by atoms with E-state index in [1.165, 1.54) is 0 Å². The molecule has 5 nitrogen and oxygen atoms in total. The SMILES string of the molecule is O=C(c1cc(-c2ccccc2)nc(-c2ccccc2)c1)N1CCN(c2ccc(OCc3ccccc3)cc2)CC1. The molecule has 1 saturated heterocycles. The minimum absolute atomic E-state index is 0.0427. The Hall–Kier alpha value is -4.90. The van der Waals surface area contributed by atoms with Gasteiger partial charge in [0.2, 0.25) is 0 Å². The van der Waals surface area contributed by atoms with Crippen LogP contribution >= 0.6 is 0 Å². The number of ether oxygens (including phenoxy) is 1. The van der Waals surface area contributed by atoms with Crippen molar-refractivity contribution < 1.29 is 9.53 Å². The molecule has 198 valence electrons. The first-order chi connectivity index (χ1) is 19.7. The van der Waals surface area contributed by atoms with Crippen LogP contribution in [0.4, 0.5) is 5.69 Å². The Morgan fingerprint density at radius 1 is 0.650 bits per heavy atom. The first-order valence-corrected chi connectivity index (χ1v) is 13.7. The summed E-state index contributed by atoms with van der Waals surface area (Å²) in [5, 5.41) is 0. The number of hydrogen-bond acceptors (Lipinski definition) is 4. The van der Waals surface area contributed by atoms with Crippen molar-refractivity contribution in [3.8, 4) is 28.3 Å². The number of anilines is 1. The third-order valence-corrected chi connectivity index (χ3v) is 7.23. The van der Waals surface area contributed by atoms with Crippen LogP contribution in [-0.2, 0) is 6.61 Å². The Kier molecular flexibility index (Phi) is 7.53. The molecule has 0 bridgehead atoms. The fraction of sp³-hybridized carbons (Fsp3) is 0.143. The molecule has 6 rings (SSSR count). The average Bonchev–Trinajstić information content (AvgIpc) is 3.05. The zero-order valence-electron chi connectivity index (χ0n) is 22.3. The van der Waals surface area contributed by atoms with E-state index in [1.54, 1.807) is 0 Å². The lowest BCUT2D eigenvalue weighted by Crippen LogP contribution is -2.48. The fourth-order valence-electron chi connectivity index (χ4n) is 5.01. The largest absolute Gasteiger partial charge is 0.489 e. The Labute approximate surface area is 235 Å². The molecule has 0 aliphatic carbocycles. The molecular weight excluding hydrogens is 494 g/mol. The molecule has 1 aliphatic rings. The van der Waals surface area contributed by atoms with E-state index >= 15 is 0 Å². The van der Waals surface area contributed by atoms with Crippen LogP contribution in [-0.4, -0.2) is 42.0 Å². The average molecular weight is 526 g/mol. The molecule has 0 spiro atoms. The number of piperazine rings is 1. The van der Waals surface area contributed by atoms with Crippen LogP contribution in [0.3, 0.4) is 0 Å². The predicted octanol–water partition coefficient (Wildman–Crippen LogP) is 6.96. The number of benzene rings is 4. The second kappa shape index (κ2) is 11.9. The number of nitrogens with zero attached hydrogens (tertiary/aromatic N) is 3. The Morgan fingerprint density at radius 2 is 1.18 bits per heavy atom. The molecule has 0 radical (unpaired) electrons. The third kappa shape index (κ3) is 5.89. The highest BCUT2D eigenvalue weighted by atomic mass is 16.5. The highest BCUT2D eigenvalue weighted by Crippen LogP contribution is 2.27. The van der Waals surface area contributed by atoms with E-state index in [0.29, 0.717) is 25.3 Å². The minimum Gasteiger partial charge on any atom is -0.489 e. The molecule has 1 aliphatic heterocycles. The van der Waals surface area contributed by atoms with Gasteiger partial charge < -0.3 is 14.5 Å². The predicted molar refractivity (Wildman–Crippen MR) is 160 cm³/mol. The van der Waals surface area contributed by atoms with E-state index in [2.05, 4.69) is 29.2 Å². The first-order valence-electron chi connectivity index (χ1n) is 13.7. The van der Waals surface area contributed by atoms with Gasteiger partial charge in [0.15, 0.2) is 0 Å². The second-order valence-corrected chi connectivity index (χ2v) is 9.91. The summed E-state index contributed by atoms with van der Waals surface area (Å²) in [7, 11) is 0. The summed E-state index contributed by atoms with van der Waals surface area (Å²) in [5.41, 5.74) is 6.55. The van der Waals surface area contributed by atoms with Crippen molar-refractivity contribution in [3.63, 3.8) is 0 Å². The summed E-state index contributed by atoms with van der Waals surface area (Å²) < 4.78 is 5.94. The van der Waals surface area contributed by atoms with Crippen LogP contribution in [0.1, 0.15) is 15.9 Å². The second-order valence-electron chi connectivity index (χ2n) is 9.91. The highest BCUT2D eigenvalue weighted by Gasteiger charge is 2.24. The van der Waals surface area contributed by atoms with Crippen LogP contribution in [0.5, 0.6) is 5.75 Å². The normalized spacial score (nSPS) is 13.2. The molecule has 0 atom stereocenters. The number of rotatable bonds is 7. The number of hydrogen-bond donors (Lipinski definition) is 0. The summed E-state index contributed by atoms with van der Waals surface area (Å²) in [4.78, 5) is 22.9. The van der Waals surface area contributed by atoms with Gasteiger partial charge in [-0.2, -0.15) is 0 Å². The van der Waals surface area contributed by atoms with Crippen LogP contribution < -0.4 is 9.64 Å². The van der Waals surface area contributed by atoms with Crippen molar-refractivity contribution in [2.45, 2.75) is 6.61 Å². The van der Waals surface area contributed by atoms with Gasteiger partial charge in [-0.3, -0.25) is 4.79 Å². The minimum atomic E-state index is 0.0427. The molecule has 5 aromatic rings. The monoisotopic (exact) mass is 525 g/mol. The Morgan fingerprint density at radius 3 is 1.73 bits per heavy atom. The number of carbonyl (C=O) groups excluding carboxylic acids is 1. The molecule has 0 N–H and O–H groups in total. The van der Waals surface area contributed by atoms with Crippen molar-refractivity contribution in [2.24, 2.45) is 0 Å². The first kappa shape index (κ1) is 25.4. The lowest BCUT2D eigenvalue weighted by atomic mass is 10.0. The molecule has 2 heterocycles. The Balaban J connectivity index is 1.13. The summed E-state index contributed by atoms with van der Waals surface area (Å²) in [5.74, 6) is 0.892. The number of amides is 1. The Bertz CT molecular complexity index is 1490. The zero-order valence-corrected chi connectivity index (χ0v) is 22.3. The lowest BCUT2D eigenvalue weighted by Gasteiger charge is -2.36. The van der Waals surface area contributed by atoms with Crippen molar-refractivity contribution in [1.29, 1.82) is 0 Å². The topological polar surface area (TPSA) is 45.7 Å². The molecule has 40 heavy (non-hydrogen) atoms. The number of carbonyl (C=O) groups is 1. The van der Waals surface area contributed by atoms with E-state index < -0.39 is 0 Å². The number of aromatic nitrogens is 1. The lowest BCUT2D eigenvalue weighted by molar-refractivity contribution is 0.0746. The molecule has 1 fully saturated rings. The van der Waals surface area contributed by atoms with E-state index in [9.17, 15) is 4.79 Å². The van der Waals surface area contributed by atoms with Gasteiger partial charge in [-0.1, -0.05) is 91.0 Å². The van der Waals surface area contributed by atoms with Crippen LogP contribution in [0.15, 0.2) is 127 Å². The van der Waals surface area contributed by atoms with Gasteiger partial charge in [0.25, 0.3) is 5.91 Å². The van der Waals surface area contributed by atoms with E-state index in [1.807, 2.05) is 108 Å². The highest BCUT2D eigenvalue weighted by molar-refractivity contribution is 5.96. The van der Waals surface area contributed by atoms with Gasteiger partial charge in [-0.15, -0.1) is 0 Å². The molecular formula is C35H31N3O2. The quantitative estimate of drug-likeness (QED) is 0.231. The number of pyridine rings is 1. The fourth-order valence-corrected chi connectivity index (χ4v) is 5.01. The molecule has 0 unspecified atom stereocenters. The molecule has 4 aromatic carbocycles. The summed E-state index contributed by atoms with van der Waals surface area (Å²) >= 11 is 0. The van der Waals surface area contributed by atoms with Gasteiger partial charge in [-0.05, 0) is 42.0 Å². The van der Waals surface area contributed by atoms with Crippen LogP contribution in [0.25, 0.3) is 22.5 Å². The van der Waals surface area contributed by atoms with Crippen molar-refractivity contribution in [2.75, 3.05) is 31.1 Å². The van der Waals surface area contributed by atoms with Crippen molar-refractivity contribution >= 4 is 11.6 Å². The third-order valence-electron chi connectivity index (χ3n) is 7.23. The molecule has 0 saturated carbocycles. The van der Waals surface area contributed by atoms with Gasteiger partial charge in [-0.25, -0.2) is 4.98 Å². The van der Waals surface area contributed by atoms with Crippen LogP contribution in [0.2, 0.25) is 0 Å². The molecule has 1 amide bonds. The standard InChI is InChI=1S/C35H31N3O2/c39-35(30-24-33(28-12-6-2-7-13-28)36-34(25-30)29-14-8-3-9-15-29)38-22-20-37(21-23-38)31-16-18-32(19-17-31)40-26-27-10-4-1-5-11-27/h1-19,24-25H,20-23,26H2. The maximum Gasteiger partial charge on any atom is 0.254 e. The summed E-state index contributed by atoms with van der Waals surface area (Å²) in [6.07, 6.45) is 0. The van der Waals surface area contributed by atoms with Gasteiger partial charge >= 0.3 is 0 Å². The summed E-state index contributed by atoms with van der Waals surface area (Å²) in [6, 6.07) is 42.3. The zero-order chi connectivity index (χ0) is 27.1. The van der Waals surface area contributed by atoms with Gasteiger partial charge in [0.05, 0.1) is 11.4 Å². The molecule has 5 heteroatoms.